The predicted octanol–water partition coefficient (Wildman–Crippen LogP) is 2.89. The average molecular weight is 180 g/mol. The largest absolute Gasteiger partial charge is 0.310 e. The van der Waals surface area contributed by atoms with Crippen molar-refractivity contribution in [1.82, 2.24) is 0 Å². The Kier molecular flexibility index (Phi) is 1.89. The van der Waals surface area contributed by atoms with Crippen LogP contribution in [0.1, 0.15) is 13.8 Å². The van der Waals surface area contributed by atoms with Gasteiger partial charge in [0, 0.05) is 6.04 Å². The number of hydrogen-bond acceptors (Lipinski definition) is 3. The van der Waals surface area contributed by atoms with Crippen LogP contribution >= 0.6 is 12.1 Å². The number of anilines is 2. The first kappa shape index (κ1) is 7.80. The van der Waals surface area contributed by atoms with Crippen molar-refractivity contribution in [2.24, 2.45) is 0 Å². The molecule has 0 radical (unpaired) electrons. The van der Waals surface area contributed by atoms with E-state index in [1.807, 2.05) is 0 Å². The van der Waals surface area contributed by atoms with E-state index in [0.717, 1.165) is 0 Å². The van der Waals surface area contributed by atoms with E-state index in [1.54, 1.807) is 12.1 Å². The number of nitrogens with zero attached hydrogens (tertiary/aromatic N) is 1. The molecule has 0 aromatic heterocycles. The zero-order chi connectivity index (χ0) is 8.55. The van der Waals surface area contributed by atoms with Gasteiger partial charge in [0.1, 0.15) is 0 Å². The lowest BCUT2D eigenvalue weighted by Crippen LogP contribution is -2.20. The van der Waals surface area contributed by atoms with E-state index in [0.29, 0.717) is 6.04 Å². The summed E-state index contributed by atoms with van der Waals surface area (Å²) in [5, 5.41) is 0. The summed E-state index contributed by atoms with van der Waals surface area (Å²) in [6, 6.07) is 8.90. The van der Waals surface area contributed by atoms with Crippen LogP contribution in [0, 0.1) is 0 Å². The highest BCUT2D eigenvalue weighted by atomic mass is 32.2. The van der Waals surface area contributed by atoms with Gasteiger partial charge < -0.3 is 4.72 Å². The summed E-state index contributed by atoms with van der Waals surface area (Å²) in [6.07, 6.45) is 0. The Morgan fingerprint density at radius 2 is 2.08 bits per heavy atom. The lowest BCUT2D eigenvalue weighted by molar-refractivity contribution is 0.842. The van der Waals surface area contributed by atoms with Gasteiger partial charge in [0.25, 0.3) is 0 Å². The number of hydrogen-bond donors (Lipinski definition) is 1. The zero-order valence-corrected chi connectivity index (χ0v) is 8.06. The molecular weight excluding hydrogens is 168 g/mol. The molecule has 0 saturated heterocycles. The Bertz CT molecular complexity index is 286. The zero-order valence-electron chi connectivity index (χ0n) is 7.24. The van der Waals surface area contributed by atoms with Crippen molar-refractivity contribution < 1.29 is 0 Å². The summed E-state index contributed by atoms with van der Waals surface area (Å²) in [7, 11) is 0. The number of para-hydroxylation sites is 2. The van der Waals surface area contributed by atoms with Gasteiger partial charge in [-0.1, -0.05) is 12.1 Å². The molecule has 0 unspecified atom stereocenters. The van der Waals surface area contributed by atoms with Crippen LogP contribution in [0.2, 0.25) is 0 Å². The van der Waals surface area contributed by atoms with Gasteiger partial charge in [-0.2, -0.15) is 0 Å². The molecular formula is C9H12N2S. The van der Waals surface area contributed by atoms with Crippen LogP contribution in [0.5, 0.6) is 0 Å². The van der Waals surface area contributed by atoms with E-state index >= 15 is 0 Å². The van der Waals surface area contributed by atoms with Gasteiger partial charge in [-0.3, -0.25) is 4.31 Å². The van der Waals surface area contributed by atoms with Gasteiger partial charge in [-0.25, -0.2) is 0 Å². The summed E-state index contributed by atoms with van der Waals surface area (Å²) in [6.45, 7) is 4.38. The lowest BCUT2D eigenvalue weighted by atomic mass is 10.2. The molecule has 2 rings (SSSR count). The molecule has 12 heavy (non-hydrogen) atoms. The van der Waals surface area contributed by atoms with E-state index in [-0.39, 0.29) is 0 Å². The molecule has 1 aliphatic heterocycles. The van der Waals surface area contributed by atoms with Crippen LogP contribution in [-0.2, 0) is 0 Å². The van der Waals surface area contributed by atoms with Crippen LogP contribution in [-0.4, -0.2) is 6.04 Å². The fraction of sp³-hybridized carbons (Fsp3) is 0.333. The average Bonchev–Trinajstić information content (AvgIpc) is 2.47. The Hall–Kier alpha value is -0.830. The van der Waals surface area contributed by atoms with E-state index in [1.165, 1.54) is 11.4 Å². The third kappa shape index (κ3) is 1.14. The van der Waals surface area contributed by atoms with Gasteiger partial charge in [0.05, 0.1) is 23.5 Å². The quantitative estimate of drug-likeness (QED) is 0.669. The highest BCUT2D eigenvalue weighted by molar-refractivity contribution is 8.02. The first-order chi connectivity index (χ1) is 5.79. The molecule has 0 saturated carbocycles. The number of benzene rings is 1. The van der Waals surface area contributed by atoms with Crippen molar-refractivity contribution in [2.75, 3.05) is 9.03 Å². The Labute approximate surface area is 77.2 Å². The van der Waals surface area contributed by atoms with Crippen molar-refractivity contribution in [3.63, 3.8) is 0 Å². The van der Waals surface area contributed by atoms with Gasteiger partial charge in [0.15, 0.2) is 0 Å². The van der Waals surface area contributed by atoms with Crippen molar-refractivity contribution in [1.29, 1.82) is 0 Å². The van der Waals surface area contributed by atoms with Crippen LogP contribution in [0.25, 0.3) is 0 Å². The first-order valence-electron chi connectivity index (χ1n) is 4.10. The Balaban J connectivity index is 2.36. The lowest BCUT2D eigenvalue weighted by Gasteiger charge is -2.19. The number of fused-ring (bicyclic) bond motifs is 1. The third-order valence-electron chi connectivity index (χ3n) is 1.86. The minimum Gasteiger partial charge on any atom is -0.310 e. The molecule has 0 aliphatic carbocycles. The first-order valence-corrected chi connectivity index (χ1v) is 4.87. The molecule has 1 heterocycles. The predicted molar refractivity (Wildman–Crippen MR) is 55.3 cm³/mol. The molecule has 0 spiro atoms. The minimum absolute atomic E-state index is 0.533. The van der Waals surface area contributed by atoms with Crippen LogP contribution in [0.15, 0.2) is 24.3 Å². The smallest absolute Gasteiger partial charge is 0.0729 e. The summed E-state index contributed by atoms with van der Waals surface area (Å²) < 4.78 is 5.55. The van der Waals surface area contributed by atoms with E-state index < -0.39 is 0 Å². The molecule has 1 aromatic rings. The van der Waals surface area contributed by atoms with Crippen LogP contribution < -0.4 is 9.03 Å². The Morgan fingerprint density at radius 1 is 1.33 bits per heavy atom. The van der Waals surface area contributed by atoms with Gasteiger partial charge in [0.2, 0.25) is 0 Å². The summed E-state index contributed by atoms with van der Waals surface area (Å²) >= 11 is 1.66. The van der Waals surface area contributed by atoms with Crippen molar-refractivity contribution >= 4 is 23.5 Å². The molecule has 3 heteroatoms. The van der Waals surface area contributed by atoms with E-state index in [4.69, 9.17) is 0 Å². The normalized spacial score (nSPS) is 14.8. The van der Waals surface area contributed by atoms with Gasteiger partial charge in [-0.15, -0.1) is 0 Å². The molecule has 0 bridgehead atoms. The molecule has 1 aliphatic rings. The summed E-state index contributed by atoms with van der Waals surface area (Å²) in [5.41, 5.74) is 2.51. The molecule has 1 aromatic carbocycles. The highest BCUT2D eigenvalue weighted by Crippen LogP contribution is 2.39. The second kappa shape index (κ2) is 2.90. The second-order valence-electron chi connectivity index (χ2n) is 3.13. The maximum absolute atomic E-state index is 3.27. The topological polar surface area (TPSA) is 15.3 Å². The van der Waals surface area contributed by atoms with Crippen LogP contribution in [0.4, 0.5) is 11.4 Å². The van der Waals surface area contributed by atoms with Crippen molar-refractivity contribution in [3.05, 3.63) is 24.3 Å². The van der Waals surface area contributed by atoms with Crippen molar-refractivity contribution in [3.8, 4) is 0 Å². The summed E-state index contributed by atoms with van der Waals surface area (Å²) in [4.78, 5) is 0. The standard InChI is InChI=1S/C9H12N2S/c1-7(2)11-9-6-4-3-5-8(9)10-12-11/h3-7,10H,1-2H3. The van der Waals surface area contributed by atoms with Gasteiger partial charge in [-0.05, 0) is 26.0 Å². The van der Waals surface area contributed by atoms with Crippen molar-refractivity contribution in [2.45, 2.75) is 19.9 Å². The monoisotopic (exact) mass is 180 g/mol. The van der Waals surface area contributed by atoms with E-state index in [2.05, 4.69) is 47.1 Å². The fourth-order valence-electron chi connectivity index (χ4n) is 1.28. The minimum atomic E-state index is 0.533. The molecule has 0 atom stereocenters. The molecule has 64 valence electrons. The highest BCUT2D eigenvalue weighted by Gasteiger charge is 2.20. The number of rotatable bonds is 1. The van der Waals surface area contributed by atoms with Gasteiger partial charge >= 0.3 is 0 Å². The summed E-state index contributed by atoms with van der Waals surface area (Å²) in [5.74, 6) is 0. The molecule has 1 N–H and O–H groups in total. The Morgan fingerprint density at radius 3 is 2.83 bits per heavy atom. The third-order valence-corrected chi connectivity index (χ3v) is 2.99. The SMILES string of the molecule is CC(C)N1SNc2ccccc21. The molecule has 0 amide bonds. The van der Waals surface area contributed by atoms with Crippen LogP contribution in [0.3, 0.4) is 0 Å². The maximum Gasteiger partial charge on any atom is 0.0729 e. The maximum atomic E-state index is 3.27. The number of nitrogens with one attached hydrogen (secondary N) is 1. The molecule has 2 nitrogen and oxygen atoms in total. The molecule has 0 fully saturated rings. The second-order valence-corrected chi connectivity index (χ2v) is 3.91. The van der Waals surface area contributed by atoms with E-state index in [9.17, 15) is 0 Å². The fourth-order valence-corrected chi connectivity index (χ4v) is 2.12.